The largest absolute Gasteiger partial charge is 0.478 e. The number of hydrogen-bond acceptors (Lipinski definition) is 3. The summed E-state index contributed by atoms with van der Waals surface area (Å²) < 4.78 is 104. The highest BCUT2D eigenvalue weighted by Gasteiger charge is 2.82. The van der Waals surface area contributed by atoms with E-state index in [0.717, 1.165) is 0 Å². The first-order chi connectivity index (χ1) is 10.5. The highest BCUT2D eigenvalue weighted by molar-refractivity contribution is 6.33. The van der Waals surface area contributed by atoms with Gasteiger partial charge in [-0.1, -0.05) is 11.6 Å². The molecule has 0 saturated carbocycles. The highest BCUT2D eigenvalue weighted by atomic mass is 35.5. The van der Waals surface area contributed by atoms with Crippen molar-refractivity contribution >= 4 is 17.6 Å². The van der Waals surface area contributed by atoms with E-state index in [2.05, 4.69) is 4.74 Å². The summed E-state index contributed by atoms with van der Waals surface area (Å²) in [4.78, 5) is 10.6. The van der Waals surface area contributed by atoms with Crippen molar-refractivity contribution in [2.75, 3.05) is 0 Å². The van der Waals surface area contributed by atoms with E-state index in [-0.39, 0.29) is 0 Å². The summed E-state index contributed by atoms with van der Waals surface area (Å²) in [6.07, 6.45) is -6.90. The van der Waals surface area contributed by atoms with E-state index in [1.54, 1.807) is 0 Å². The molecule has 1 unspecified atom stereocenters. The molecule has 2 N–H and O–H groups in total. The second kappa shape index (κ2) is 5.92. The number of carboxylic acids is 1. The smallest absolute Gasteiger partial charge is 0.460 e. The van der Waals surface area contributed by atoms with Gasteiger partial charge in [0.1, 0.15) is 5.75 Å². The van der Waals surface area contributed by atoms with E-state index in [4.69, 9.17) is 21.8 Å². The number of benzene rings is 1. The fourth-order valence-corrected chi connectivity index (χ4v) is 1.58. The van der Waals surface area contributed by atoms with Crippen molar-refractivity contribution in [2.24, 2.45) is 0 Å². The Hall–Kier alpha value is -1.82. The molecule has 0 radical (unpaired) electrons. The van der Waals surface area contributed by atoms with Crippen LogP contribution in [0.15, 0.2) is 18.2 Å². The number of rotatable bonds is 5. The first kappa shape index (κ1) is 20.2. The van der Waals surface area contributed by atoms with Crippen LogP contribution in [-0.4, -0.2) is 40.2 Å². The van der Waals surface area contributed by atoms with Gasteiger partial charge in [0.25, 0.3) is 0 Å². The van der Waals surface area contributed by atoms with Gasteiger partial charge in [-0.05, 0) is 18.2 Å². The van der Waals surface area contributed by atoms with E-state index >= 15 is 0 Å². The number of carboxylic acid groups (broad SMARTS) is 1. The molecule has 0 aromatic heterocycles. The molecule has 0 heterocycles. The molecule has 0 fully saturated rings. The topological polar surface area (TPSA) is 66.8 Å². The molecule has 13 heteroatoms. The van der Waals surface area contributed by atoms with E-state index < -0.39 is 46.4 Å². The lowest BCUT2D eigenvalue weighted by atomic mass is 10.1. The number of aliphatic hydroxyl groups is 1. The average molecular weight is 389 g/mol. The van der Waals surface area contributed by atoms with Crippen LogP contribution in [0.4, 0.5) is 35.1 Å². The molecule has 0 aliphatic heterocycles. The van der Waals surface area contributed by atoms with Gasteiger partial charge in [0.05, 0.1) is 10.6 Å². The molecule has 0 amide bonds. The van der Waals surface area contributed by atoms with E-state index in [1.165, 1.54) is 0 Å². The number of hydrogen-bond donors (Lipinski definition) is 2. The van der Waals surface area contributed by atoms with E-state index in [0.29, 0.717) is 18.2 Å². The monoisotopic (exact) mass is 388 g/mol. The lowest BCUT2D eigenvalue weighted by molar-refractivity contribution is -0.446. The van der Waals surface area contributed by atoms with Crippen LogP contribution in [0, 0.1) is 0 Å². The molecule has 1 aromatic rings. The first-order valence-corrected chi connectivity index (χ1v) is 5.88. The van der Waals surface area contributed by atoms with Crippen LogP contribution in [0.5, 0.6) is 5.75 Å². The minimum atomic E-state index is -6.98. The van der Waals surface area contributed by atoms with Crippen LogP contribution in [0.1, 0.15) is 10.4 Å². The zero-order chi connectivity index (χ0) is 19.1. The Morgan fingerprint density at radius 3 is 1.88 bits per heavy atom. The predicted octanol–water partition coefficient (Wildman–Crippen LogP) is 3.87. The normalized spacial score (nSPS) is 15.8. The standard InChI is InChI=1S/C11H5ClF8O4/c12-6-3-4(1-2-5(6)7(21)22)24-11(20,23)9(15,16)8(13,14)10(17,18)19/h1-3,23H,(H,21,22). The maximum absolute atomic E-state index is 13.4. The quantitative estimate of drug-likeness (QED) is 0.594. The molecule has 1 rings (SSSR count). The van der Waals surface area contributed by atoms with Crippen LogP contribution >= 0.6 is 11.6 Å². The molecule has 4 nitrogen and oxygen atoms in total. The van der Waals surface area contributed by atoms with E-state index in [1.807, 2.05) is 0 Å². The zero-order valence-corrected chi connectivity index (χ0v) is 11.6. The lowest BCUT2D eigenvalue weighted by Crippen LogP contribution is -2.64. The minimum absolute atomic E-state index is 0.317. The number of carbonyl (C=O) groups is 1. The molecular formula is C11H5ClF8O4. The molecule has 1 aromatic carbocycles. The zero-order valence-electron chi connectivity index (χ0n) is 10.8. The summed E-state index contributed by atoms with van der Waals surface area (Å²) in [5, 5.41) is 16.6. The summed E-state index contributed by atoms with van der Waals surface area (Å²) in [6, 6.07) is -4.52. The second-order valence-electron chi connectivity index (χ2n) is 4.26. The molecule has 0 aliphatic rings. The van der Waals surface area contributed by atoms with Crippen molar-refractivity contribution in [3.05, 3.63) is 28.8 Å². The molecule has 0 spiro atoms. The van der Waals surface area contributed by atoms with Crippen LogP contribution in [0.3, 0.4) is 0 Å². The predicted molar refractivity (Wildman–Crippen MR) is 61.0 cm³/mol. The maximum atomic E-state index is 13.4. The van der Waals surface area contributed by atoms with Crippen molar-refractivity contribution < 1.29 is 54.9 Å². The number of halogens is 9. The lowest BCUT2D eigenvalue weighted by Gasteiger charge is -2.34. The molecule has 0 saturated heterocycles. The Bertz CT molecular complexity index is 643. The third kappa shape index (κ3) is 3.34. The Morgan fingerprint density at radius 1 is 1.00 bits per heavy atom. The Balaban J connectivity index is 3.21. The van der Waals surface area contributed by atoms with Gasteiger partial charge in [0, 0.05) is 0 Å². The summed E-state index contributed by atoms with van der Waals surface area (Å²) >= 11 is 5.35. The van der Waals surface area contributed by atoms with Crippen molar-refractivity contribution in [1.29, 1.82) is 0 Å². The Labute approximate surface area is 132 Å². The molecule has 136 valence electrons. The van der Waals surface area contributed by atoms with Gasteiger partial charge in [-0.2, -0.15) is 35.1 Å². The van der Waals surface area contributed by atoms with Crippen molar-refractivity contribution in [3.63, 3.8) is 0 Å². The minimum Gasteiger partial charge on any atom is -0.478 e. The van der Waals surface area contributed by atoms with E-state index in [9.17, 15) is 39.9 Å². The van der Waals surface area contributed by atoms with Gasteiger partial charge in [-0.15, -0.1) is 0 Å². The fraction of sp³-hybridized carbons (Fsp3) is 0.364. The fourth-order valence-electron chi connectivity index (χ4n) is 1.32. The summed E-state index contributed by atoms with van der Waals surface area (Å²) in [7, 11) is 0. The van der Waals surface area contributed by atoms with Crippen LogP contribution in [0.2, 0.25) is 5.02 Å². The highest BCUT2D eigenvalue weighted by Crippen LogP contribution is 2.52. The summed E-state index contributed by atoms with van der Waals surface area (Å²) in [5.41, 5.74) is -0.640. The van der Waals surface area contributed by atoms with Gasteiger partial charge in [0.2, 0.25) is 0 Å². The third-order valence-electron chi connectivity index (χ3n) is 2.56. The number of alkyl halides is 8. The SMILES string of the molecule is O=C(O)c1ccc(OC(O)(F)C(F)(F)C(F)(F)C(F)(F)F)cc1Cl. The van der Waals surface area contributed by atoms with Gasteiger partial charge in [-0.3, -0.25) is 0 Å². The Morgan fingerprint density at radius 2 is 1.50 bits per heavy atom. The van der Waals surface area contributed by atoms with Crippen LogP contribution in [-0.2, 0) is 0 Å². The average Bonchev–Trinajstić information content (AvgIpc) is 2.35. The molecule has 24 heavy (non-hydrogen) atoms. The second-order valence-corrected chi connectivity index (χ2v) is 4.66. The van der Waals surface area contributed by atoms with Crippen molar-refractivity contribution in [3.8, 4) is 5.75 Å². The van der Waals surface area contributed by atoms with Gasteiger partial charge >= 0.3 is 30.0 Å². The van der Waals surface area contributed by atoms with Crippen molar-refractivity contribution in [2.45, 2.75) is 24.1 Å². The molecule has 1 atom stereocenters. The molecule has 0 aliphatic carbocycles. The van der Waals surface area contributed by atoms with Gasteiger partial charge in [0.15, 0.2) is 0 Å². The van der Waals surface area contributed by atoms with Crippen LogP contribution in [0.25, 0.3) is 0 Å². The maximum Gasteiger partial charge on any atom is 0.460 e. The number of ether oxygens (including phenoxy) is 1. The Kier molecular flexibility index (Phi) is 4.99. The van der Waals surface area contributed by atoms with Crippen molar-refractivity contribution in [1.82, 2.24) is 0 Å². The summed E-state index contributed by atoms with van der Waals surface area (Å²) in [6.45, 7) is 0. The third-order valence-corrected chi connectivity index (χ3v) is 2.87. The van der Waals surface area contributed by atoms with Gasteiger partial charge < -0.3 is 14.9 Å². The first-order valence-electron chi connectivity index (χ1n) is 5.50. The van der Waals surface area contributed by atoms with Crippen LogP contribution < -0.4 is 4.74 Å². The molecular weight excluding hydrogens is 384 g/mol. The summed E-state index contributed by atoms with van der Waals surface area (Å²) in [5.74, 6) is -16.6. The molecule has 0 bridgehead atoms. The van der Waals surface area contributed by atoms with Gasteiger partial charge in [-0.25, -0.2) is 4.79 Å². The number of aromatic carboxylic acids is 1.